The average molecular weight is 356 g/mol. The number of carbonyl (C=O) groups excluding carboxylic acids is 2. The number of nitrogens with two attached hydrogens (primary N) is 1. The number of amides is 1. The Kier molecular flexibility index (Phi) is 7.03. The summed E-state index contributed by atoms with van der Waals surface area (Å²) in [6.45, 7) is 0.609. The molecule has 0 aliphatic heterocycles. The summed E-state index contributed by atoms with van der Waals surface area (Å²) >= 11 is 0. The molecule has 0 saturated heterocycles. The molecular formula is C20H24N2O4. The summed E-state index contributed by atoms with van der Waals surface area (Å²) in [5.41, 5.74) is 8.97. The largest absolute Gasteiger partial charge is 0.391 e. The first kappa shape index (κ1) is 19.8. The Morgan fingerprint density at radius 2 is 1.62 bits per heavy atom. The number of ketones is 1. The second kappa shape index (κ2) is 9.24. The van der Waals surface area contributed by atoms with Crippen LogP contribution in [0.4, 0.5) is 0 Å². The first-order valence-corrected chi connectivity index (χ1v) is 8.44. The van der Waals surface area contributed by atoms with Gasteiger partial charge in [-0.25, -0.2) is 0 Å². The van der Waals surface area contributed by atoms with Gasteiger partial charge in [0.15, 0.2) is 5.78 Å². The van der Waals surface area contributed by atoms with Crippen LogP contribution in [0.25, 0.3) is 11.1 Å². The molecule has 6 nitrogen and oxygen atoms in total. The van der Waals surface area contributed by atoms with Crippen LogP contribution < -0.4 is 11.1 Å². The zero-order valence-electron chi connectivity index (χ0n) is 14.6. The molecule has 0 aliphatic rings. The highest BCUT2D eigenvalue weighted by atomic mass is 16.3. The highest BCUT2D eigenvalue weighted by Crippen LogP contribution is 2.19. The van der Waals surface area contributed by atoms with Crippen molar-refractivity contribution in [2.75, 3.05) is 6.61 Å². The van der Waals surface area contributed by atoms with E-state index in [1.165, 1.54) is 6.92 Å². The molecule has 1 amide bonds. The van der Waals surface area contributed by atoms with Gasteiger partial charge in [0.2, 0.25) is 5.91 Å². The predicted molar refractivity (Wildman–Crippen MR) is 99.3 cm³/mol. The van der Waals surface area contributed by atoms with Crippen molar-refractivity contribution in [3.05, 3.63) is 60.2 Å². The number of carbonyl (C=O) groups is 2. The third kappa shape index (κ3) is 5.23. The standard InChI is InChI=1S/C20H24N2O4/c1-13(24)19(18(25)12-23)22-20(26)17(21)11-14-7-9-16(10-8-14)15-5-3-2-4-6-15/h2-10,13,17,19,23-24H,11-12,21H2,1H3,(H,22,26)/t13-,17+,19+/m1/s1. The molecule has 2 rings (SSSR count). The zero-order chi connectivity index (χ0) is 19.1. The second-order valence-electron chi connectivity index (χ2n) is 6.22. The smallest absolute Gasteiger partial charge is 0.237 e. The highest BCUT2D eigenvalue weighted by molar-refractivity contribution is 5.91. The molecule has 0 unspecified atom stereocenters. The van der Waals surface area contributed by atoms with Gasteiger partial charge in [0.25, 0.3) is 0 Å². The third-order valence-corrected chi connectivity index (χ3v) is 4.14. The van der Waals surface area contributed by atoms with Crippen molar-refractivity contribution < 1.29 is 19.8 Å². The molecule has 26 heavy (non-hydrogen) atoms. The Balaban J connectivity index is 1.99. The van der Waals surface area contributed by atoms with E-state index in [0.717, 1.165) is 16.7 Å². The van der Waals surface area contributed by atoms with E-state index in [9.17, 15) is 14.7 Å². The van der Waals surface area contributed by atoms with E-state index in [4.69, 9.17) is 10.8 Å². The van der Waals surface area contributed by atoms with E-state index in [0.29, 0.717) is 6.42 Å². The minimum atomic E-state index is -1.17. The summed E-state index contributed by atoms with van der Waals surface area (Å²) in [5.74, 6) is -1.21. The molecule has 0 bridgehead atoms. The number of hydrogen-bond acceptors (Lipinski definition) is 5. The fourth-order valence-corrected chi connectivity index (χ4v) is 2.64. The van der Waals surface area contributed by atoms with Crippen LogP contribution in [0, 0.1) is 0 Å². The third-order valence-electron chi connectivity index (χ3n) is 4.14. The molecule has 138 valence electrons. The van der Waals surface area contributed by atoms with Crippen LogP contribution in [0.3, 0.4) is 0 Å². The van der Waals surface area contributed by atoms with Gasteiger partial charge in [-0.15, -0.1) is 0 Å². The maximum atomic E-state index is 12.2. The van der Waals surface area contributed by atoms with Crippen molar-refractivity contribution in [1.29, 1.82) is 0 Å². The van der Waals surface area contributed by atoms with Crippen LogP contribution in [-0.4, -0.2) is 46.7 Å². The maximum absolute atomic E-state index is 12.2. The molecule has 5 N–H and O–H groups in total. The quantitative estimate of drug-likeness (QED) is 0.555. The number of nitrogens with one attached hydrogen (secondary N) is 1. The predicted octanol–water partition coefficient (Wildman–Crippen LogP) is 0.650. The molecule has 0 spiro atoms. The van der Waals surface area contributed by atoms with Gasteiger partial charge in [-0.05, 0) is 30.0 Å². The normalized spacial score (nSPS) is 14.3. The number of hydrogen-bond donors (Lipinski definition) is 4. The molecular weight excluding hydrogens is 332 g/mol. The fourth-order valence-electron chi connectivity index (χ4n) is 2.64. The van der Waals surface area contributed by atoms with E-state index in [1.807, 2.05) is 54.6 Å². The average Bonchev–Trinajstić information content (AvgIpc) is 2.66. The van der Waals surface area contributed by atoms with E-state index in [1.54, 1.807) is 0 Å². The van der Waals surface area contributed by atoms with Crippen molar-refractivity contribution in [1.82, 2.24) is 5.32 Å². The lowest BCUT2D eigenvalue weighted by Gasteiger charge is -2.21. The SMILES string of the molecule is C[C@@H](O)[C@H](NC(=O)[C@@H](N)Cc1ccc(-c2ccccc2)cc1)C(=O)CO. The van der Waals surface area contributed by atoms with Crippen LogP contribution in [-0.2, 0) is 16.0 Å². The molecule has 0 aliphatic carbocycles. The lowest BCUT2D eigenvalue weighted by molar-refractivity contribution is -0.132. The summed E-state index contributed by atoms with van der Waals surface area (Å²) in [4.78, 5) is 23.8. The summed E-state index contributed by atoms with van der Waals surface area (Å²) in [7, 11) is 0. The van der Waals surface area contributed by atoms with Crippen molar-refractivity contribution in [2.24, 2.45) is 5.73 Å². The topological polar surface area (TPSA) is 113 Å². The first-order chi connectivity index (χ1) is 12.4. The first-order valence-electron chi connectivity index (χ1n) is 8.44. The summed E-state index contributed by atoms with van der Waals surface area (Å²) in [6, 6.07) is 15.6. The van der Waals surface area contributed by atoms with Gasteiger partial charge in [0.05, 0.1) is 12.1 Å². The molecule has 2 aromatic rings. The number of aliphatic hydroxyl groups is 2. The Morgan fingerprint density at radius 1 is 1.04 bits per heavy atom. The Hall–Kier alpha value is -2.54. The van der Waals surface area contributed by atoms with Crippen molar-refractivity contribution in [2.45, 2.75) is 31.5 Å². The van der Waals surface area contributed by atoms with Crippen LogP contribution in [0.2, 0.25) is 0 Å². The van der Waals surface area contributed by atoms with Crippen molar-refractivity contribution in [3.8, 4) is 11.1 Å². The number of aliphatic hydroxyl groups excluding tert-OH is 2. The summed E-state index contributed by atoms with van der Waals surface area (Å²) < 4.78 is 0. The molecule has 0 fully saturated rings. The van der Waals surface area contributed by atoms with Crippen LogP contribution in [0.5, 0.6) is 0 Å². The molecule has 0 saturated carbocycles. The molecule has 3 atom stereocenters. The summed E-state index contributed by atoms with van der Waals surface area (Å²) in [5, 5.41) is 20.9. The van der Waals surface area contributed by atoms with E-state index >= 15 is 0 Å². The monoisotopic (exact) mass is 356 g/mol. The highest BCUT2D eigenvalue weighted by Gasteiger charge is 2.26. The number of Topliss-reactive ketones (excluding diaryl/α,β-unsaturated/α-hetero) is 1. The Bertz CT molecular complexity index is 729. The van der Waals surface area contributed by atoms with Gasteiger partial charge >= 0.3 is 0 Å². The second-order valence-corrected chi connectivity index (χ2v) is 6.22. The van der Waals surface area contributed by atoms with E-state index in [-0.39, 0.29) is 0 Å². The van der Waals surface area contributed by atoms with Crippen LogP contribution in [0.1, 0.15) is 12.5 Å². The molecule has 0 radical (unpaired) electrons. The Labute approximate surface area is 152 Å². The molecule has 0 aromatic heterocycles. The van der Waals surface area contributed by atoms with E-state index < -0.39 is 36.5 Å². The number of benzene rings is 2. The van der Waals surface area contributed by atoms with Crippen molar-refractivity contribution >= 4 is 11.7 Å². The fraction of sp³-hybridized carbons (Fsp3) is 0.300. The molecule has 2 aromatic carbocycles. The number of rotatable bonds is 8. The van der Waals surface area contributed by atoms with Gasteiger partial charge in [0, 0.05) is 0 Å². The van der Waals surface area contributed by atoms with Crippen molar-refractivity contribution in [3.63, 3.8) is 0 Å². The van der Waals surface area contributed by atoms with Crippen LogP contribution in [0.15, 0.2) is 54.6 Å². The minimum Gasteiger partial charge on any atom is -0.391 e. The van der Waals surface area contributed by atoms with Gasteiger partial charge in [-0.3, -0.25) is 9.59 Å². The van der Waals surface area contributed by atoms with Gasteiger partial charge in [-0.1, -0.05) is 54.6 Å². The lowest BCUT2D eigenvalue weighted by atomic mass is 10.00. The van der Waals surface area contributed by atoms with Gasteiger partial charge in [0.1, 0.15) is 12.6 Å². The van der Waals surface area contributed by atoms with E-state index in [2.05, 4.69) is 5.32 Å². The van der Waals surface area contributed by atoms with Gasteiger partial charge < -0.3 is 21.3 Å². The summed E-state index contributed by atoms with van der Waals surface area (Å²) in [6.07, 6.45) is -0.822. The maximum Gasteiger partial charge on any atom is 0.237 e. The minimum absolute atomic E-state index is 0.292. The van der Waals surface area contributed by atoms with Crippen LogP contribution >= 0.6 is 0 Å². The molecule has 0 heterocycles. The Morgan fingerprint density at radius 3 is 2.15 bits per heavy atom. The zero-order valence-corrected chi connectivity index (χ0v) is 14.6. The lowest BCUT2D eigenvalue weighted by Crippen LogP contribution is -2.53. The van der Waals surface area contributed by atoms with Gasteiger partial charge in [-0.2, -0.15) is 0 Å². The molecule has 6 heteroatoms.